The van der Waals surface area contributed by atoms with Gasteiger partial charge in [-0.05, 0) is 29.7 Å². The van der Waals surface area contributed by atoms with E-state index in [-0.39, 0.29) is 17.1 Å². The second-order valence-corrected chi connectivity index (χ2v) is 6.22. The minimum absolute atomic E-state index is 0. The van der Waals surface area contributed by atoms with E-state index in [9.17, 15) is 14.4 Å². The third-order valence-corrected chi connectivity index (χ3v) is 3.32. The summed E-state index contributed by atoms with van der Waals surface area (Å²) >= 11 is 0. The van der Waals surface area contributed by atoms with Crippen LogP contribution in [0.4, 0.5) is 0 Å². The molecule has 0 fully saturated rings. The zero-order valence-corrected chi connectivity index (χ0v) is 19.3. The normalized spacial score (nSPS) is 9.56. The second kappa shape index (κ2) is 21.5. The van der Waals surface area contributed by atoms with Crippen molar-refractivity contribution in [3.05, 3.63) is 86.3 Å². The summed E-state index contributed by atoms with van der Waals surface area (Å²) in [5.74, 6) is -2.15. The first-order valence-corrected chi connectivity index (χ1v) is 8.27. The molecule has 0 saturated heterocycles. The van der Waals surface area contributed by atoms with E-state index in [2.05, 4.69) is 35.5 Å². The summed E-state index contributed by atoms with van der Waals surface area (Å²) in [6, 6.07) is 9.42. The Kier molecular flexibility index (Phi) is 24.7. The van der Waals surface area contributed by atoms with Gasteiger partial charge in [0.15, 0.2) is 0 Å². The van der Waals surface area contributed by atoms with Crippen molar-refractivity contribution < 1.29 is 54.9 Å². The van der Waals surface area contributed by atoms with Gasteiger partial charge < -0.3 is 19.1 Å². The average Bonchev–Trinajstić information content (AvgIpc) is 2.80. The monoisotopic (exact) mass is 482 g/mol. The molecule has 3 radical (unpaired) electrons. The molecule has 0 aromatic heterocycles. The minimum atomic E-state index is -0.940. The third-order valence-electron chi connectivity index (χ3n) is 3.32. The molecule has 1 aromatic rings. The molecule has 0 aliphatic rings. The molecule has 0 aliphatic carbocycles. The van der Waals surface area contributed by atoms with Crippen molar-refractivity contribution in [3.8, 4) is 0 Å². The van der Waals surface area contributed by atoms with Crippen molar-refractivity contribution in [1.82, 2.24) is 0 Å². The van der Waals surface area contributed by atoms with Crippen LogP contribution in [0.2, 0.25) is 0 Å². The van der Waals surface area contributed by atoms with Crippen LogP contribution in [0.25, 0.3) is 0 Å². The molecule has 1 rings (SSSR count). The number of Topliss-reactive ketones (excluding diaryl/α,β-unsaturated/α-hetero) is 1. The van der Waals surface area contributed by atoms with Gasteiger partial charge in [-0.2, -0.15) is 0 Å². The van der Waals surface area contributed by atoms with Gasteiger partial charge in [-0.25, -0.2) is 0 Å². The Balaban J connectivity index is -0.000000514. The quantitative estimate of drug-likeness (QED) is 0.112. The maximum atomic E-state index is 12.9. The standard InChI is InChI=1S/C20H22O5.3CO.Fe/c1-20(2,3)16(12-11-14-9-7-6-8-10-14)18(22)15(19(23)25-5)13-17(21)24-4;3*1-2;/h6-12H,1-5H3;;;;/q-1;;;;. The van der Waals surface area contributed by atoms with Gasteiger partial charge in [0.1, 0.15) is 0 Å². The Morgan fingerprint density at radius 1 is 0.906 bits per heavy atom. The fraction of sp³-hybridized carbons (Fsp3) is 0.261. The zero-order valence-electron chi connectivity index (χ0n) is 18.2. The number of methoxy groups -OCH3 is 2. The zero-order chi connectivity index (χ0) is 25.0. The summed E-state index contributed by atoms with van der Waals surface area (Å²) in [7, 11) is 2.27. The average molecular weight is 482 g/mol. The van der Waals surface area contributed by atoms with E-state index < -0.39 is 28.7 Å². The molecule has 0 saturated carbocycles. The molecule has 0 N–H and O–H groups in total. The van der Waals surface area contributed by atoms with E-state index in [1.807, 2.05) is 51.1 Å². The van der Waals surface area contributed by atoms with E-state index in [1.54, 1.807) is 12.8 Å². The molecule has 0 heterocycles. The molecule has 32 heavy (non-hydrogen) atoms. The topological polar surface area (TPSA) is 129 Å². The van der Waals surface area contributed by atoms with Crippen LogP contribution < -0.4 is 0 Å². The van der Waals surface area contributed by atoms with Crippen LogP contribution in [-0.2, 0) is 54.9 Å². The van der Waals surface area contributed by atoms with E-state index >= 15 is 0 Å². The molecule has 171 valence electrons. The van der Waals surface area contributed by atoms with Crippen molar-refractivity contribution in [2.45, 2.75) is 20.8 Å². The number of ketones is 1. The van der Waals surface area contributed by atoms with Crippen LogP contribution in [0.15, 0.2) is 35.9 Å². The minimum Gasteiger partial charge on any atom is 0 e. The predicted molar refractivity (Wildman–Crippen MR) is 104 cm³/mol. The maximum Gasteiger partial charge on any atom is 0 e. The van der Waals surface area contributed by atoms with Gasteiger partial charge in [-0.15, -0.1) is 0 Å². The van der Waals surface area contributed by atoms with E-state index in [0.29, 0.717) is 5.92 Å². The Hall–Kier alpha value is -2.69. The van der Waals surface area contributed by atoms with Crippen LogP contribution in [0.5, 0.6) is 0 Å². The van der Waals surface area contributed by atoms with Crippen LogP contribution in [0.1, 0.15) is 26.3 Å². The molecule has 0 unspecified atom stereocenters. The molecule has 1 aromatic carbocycles. The fourth-order valence-corrected chi connectivity index (χ4v) is 2.00. The SMILES string of the molecule is COC(=O)[C-]=C(C(=O)OC)C(=O)[C]([CH][CH]c1ccccc1)C(C)(C)C.[C-]#[O+].[C-]#[O+].[C-]#[O+].[Fe]. The number of hydrogen-bond donors (Lipinski definition) is 0. The van der Waals surface area contributed by atoms with Gasteiger partial charge >= 0.3 is 33.9 Å². The number of benzene rings is 1. The molecular weight excluding hydrogens is 460 g/mol. The number of ether oxygens (including phenoxy) is 2. The largest absolute Gasteiger partial charge is 0 e. The van der Waals surface area contributed by atoms with Crippen molar-refractivity contribution in [1.29, 1.82) is 0 Å². The van der Waals surface area contributed by atoms with Crippen LogP contribution in [0.3, 0.4) is 0 Å². The van der Waals surface area contributed by atoms with Crippen LogP contribution in [0, 0.1) is 50.2 Å². The smallest absolute Gasteiger partial charge is 0 e. The summed E-state index contributed by atoms with van der Waals surface area (Å²) in [5, 5.41) is 0. The fourth-order valence-electron chi connectivity index (χ4n) is 2.00. The van der Waals surface area contributed by atoms with Gasteiger partial charge in [0, 0.05) is 17.1 Å². The first-order chi connectivity index (χ1) is 14.7. The summed E-state index contributed by atoms with van der Waals surface area (Å²) in [6.07, 6.45) is 5.55. The van der Waals surface area contributed by atoms with E-state index in [1.165, 1.54) is 0 Å². The Labute approximate surface area is 199 Å². The Bertz CT molecular complexity index is 756. The van der Waals surface area contributed by atoms with Crippen molar-refractivity contribution in [2.75, 3.05) is 14.2 Å². The molecule has 0 aliphatic heterocycles. The molecule has 0 spiro atoms. The molecule has 0 bridgehead atoms. The predicted octanol–water partition coefficient (Wildman–Crippen LogP) is 2.59. The summed E-state index contributed by atoms with van der Waals surface area (Å²) < 4.78 is 31.6. The molecule has 8 nitrogen and oxygen atoms in total. The summed E-state index contributed by atoms with van der Waals surface area (Å²) in [4.78, 5) is 36.2. The Morgan fingerprint density at radius 2 is 1.38 bits per heavy atom. The van der Waals surface area contributed by atoms with Gasteiger partial charge in [0.2, 0.25) is 5.97 Å². The first kappa shape index (κ1) is 36.7. The van der Waals surface area contributed by atoms with Crippen molar-refractivity contribution >= 4 is 17.7 Å². The number of carbonyl (C=O) groups excluding carboxylic acids is 3. The molecular formula is C23H22FeO8-. The number of carbonyl (C=O) groups is 3. The molecule has 0 amide bonds. The number of esters is 2. The van der Waals surface area contributed by atoms with Gasteiger partial charge in [-0.1, -0.05) is 62.8 Å². The third kappa shape index (κ3) is 14.3. The molecule has 0 atom stereocenters. The Morgan fingerprint density at radius 3 is 1.75 bits per heavy atom. The first-order valence-electron chi connectivity index (χ1n) is 8.27. The van der Waals surface area contributed by atoms with Crippen LogP contribution in [-0.4, -0.2) is 31.9 Å². The van der Waals surface area contributed by atoms with Crippen molar-refractivity contribution in [2.24, 2.45) is 5.41 Å². The van der Waals surface area contributed by atoms with Crippen molar-refractivity contribution in [3.63, 3.8) is 0 Å². The van der Waals surface area contributed by atoms with Gasteiger partial charge in [-0.3, -0.25) is 4.79 Å². The number of hydrogen-bond acceptors (Lipinski definition) is 5. The van der Waals surface area contributed by atoms with Crippen LogP contribution >= 0.6 is 0 Å². The van der Waals surface area contributed by atoms with E-state index in [4.69, 9.17) is 14.0 Å². The molecule has 9 heteroatoms. The summed E-state index contributed by atoms with van der Waals surface area (Å²) in [6.45, 7) is 19.0. The second-order valence-electron chi connectivity index (χ2n) is 6.22. The summed E-state index contributed by atoms with van der Waals surface area (Å²) in [5.41, 5.74) is -0.158. The van der Waals surface area contributed by atoms with E-state index in [0.717, 1.165) is 19.8 Å². The van der Waals surface area contributed by atoms with Gasteiger partial charge in [0.05, 0.1) is 20.0 Å². The number of rotatable bonds is 7. The van der Waals surface area contributed by atoms with Gasteiger partial charge in [0.25, 0.3) is 5.97 Å². The maximum absolute atomic E-state index is 12.9.